The van der Waals surface area contributed by atoms with E-state index in [1.807, 2.05) is 43.3 Å². The van der Waals surface area contributed by atoms with Gasteiger partial charge in [-0.3, -0.25) is 0 Å². The third-order valence-corrected chi connectivity index (χ3v) is 4.80. The normalized spacial score (nSPS) is 21.6. The van der Waals surface area contributed by atoms with Crippen LogP contribution in [0.3, 0.4) is 0 Å². The van der Waals surface area contributed by atoms with Gasteiger partial charge in [-0.2, -0.15) is 5.26 Å². The highest BCUT2D eigenvalue weighted by Crippen LogP contribution is 2.47. The van der Waals surface area contributed by atoms with Gasteiger partial charge in [0, 0.05) is 0 Å². The maximum atomic E-state index is 10.9. The summed E-state index contributed by atoms with van der Waals surface area (Å²) in [5, 5.41) is 20.7. The Labute approximate surface area is 125 Å². The van der Waals surface area contributed by atoms with Gasteiger partial charge in [0.25, 0.3) is 0 Å². The minimum atomic E-state index is -0.821. The van der Waals surface area contributed by atoms with Crippen molar-refractivity contribution in [2.75, 3.05) is 0 Å². The molecule has 2 unspecified atom stereocenters. The Morgan fingerprint density at radius 1 is 1.14 bits per heavy atom. The van der Waals surface area contributed by atoms with Gasteiger partial charge >= 0.3 is 0 Å². The molecule has 0 saturated heterocycles. The Kier molecular flexibility index (Phi) is 3.31. The number of hydrogen-bond donors (Lipinski definition) is 1. The predicted molar refractivity (Wildman–Crippen MR) is 82.9 cm³/mol. The van der Waals surface area contributed by atoms with E-state index in [0.29, 0.717) is 6.42 Å². The molecule has 1 aliphatic rings. The van der Waals surface area contributed by atoms with Crippen LogP contribution in [0.2, 0.25) is 0 Å². The number of rotatable bonds is 2. The molecule has 21 heavy (non-hydrogen) atoms. The Morgan fingerprint density at radius 3 is 2.62 bits per heavy atom. The first-order valence-corrected chi connectivity index (χ1v) is 7.33. The summed E-state index contributed by atoms with van der Waals surface area (Å²) in [6.07, 6.45) is 0.744. The molecule has 2 heteroatoms. The SMILES string of the molecule is Cc1ccc(C(O)C2(C#N)CCc3ccccc32)cc1C. The third-order valence-electron chi connectivity index (χ3n) is 4.80. The van der Waals surface area contributed by atoms with Crippen molar-refractivity contribution in [3.63, 3.8) is 0 Å². The van der Waals surface area contributed by atoms with E-state index in [1.54, 1.807) is 0 Å². The highest BCUT2D eigenvalue weighted by Gasteiger charge is 2.45. The summed E-state index contributed by atoms with van der Waals surface area (Å²) < 4.78 is 0. The number of benzene rings is 2. The van der Waals surface area contributed by atoms with Crippen LogP contribution in [0.5, 0.6) is 0 Å². The second kappa shape index (κ2) is 5.02. The van der Waals surface area contributed by atoms with Gasteiger partial charge < -0.3 is 5.11 Å². The van der Waals surface area contributed by atoms with E-state index in [9.17, 15) is 10.4 Å². The van der Waals surface area contributed by atoms with Crippen LogP contribution in [0.4, 0.5) is 0 Å². The highest BCUT2D eigenvalue weighted by atomic mass is 16.3. The number of nitrogens with zero attached hydrogens (tertiary/aromatic N) is 1. The predicted octanol–water partition coefficient (Wildman–Crippen LogP) is 3.74. The summed E-state index contributed by atoms with van der Waals surface area (Å²) in [5.74, 6) is 0. The van der Waals surface area contributed by atoms with E-state index >= 15 is 0 Å². The highest BCUT2D eigenvalue weighted by molar-refractivity contribution is 5.48. The summed E-state index contributed by atoms with van der Waals surface area (Å²) in [5.41, 5.74) is 4.52. The molecule has 3 rings (SSSR count). The van der Waals surface area contributed by atoms with Crippen LogP contribution < -0.4 is 0 Å². The van der Waals surface area contributed by atoms with E-state index in [4.69, 9.17) is 0 Å². The molecule has 2 nitrogen and oxygen atoms in total. The van der Waals surface area contributed by atoms with E-state index in [-0.39, 0.29) is 0 Å². The van der Waals surface area contributed by atoms with E-state index in [0.717, 1.165) is 23.1 Å². The van der Waals surface area contributed by atoms with Crippen LogP contribution in [0.25, 0.3) is 0 Å². The zero-order chi connectivity index (χ0) is 15.0. The summed E-state index contributed by atoms with van der Waals surface area (Å²) in [7, 11) is 0. The van der Waals surface area contributed by atoms with E-state index in [2.05, 4.69) is 19.1 Å². The van der Waals surface area contributed by atoms with Crippen LogP contribution >= 0.6 is 0 Å². The topological polar surface area (TPSA) is 44.0 Å². The van der Waals surface area contributed by atoms with Gasteiger partial charge in [-0.05, 0) is 54.5 Å². The lowest BCUT2D eigenvalue weighted by molar-refractivity contribution is 0.111. The first-order chi connectivity index (χ1) is 10.1. The van der Waals surface area contributed by atoms with Gasteiger partial charge in [0.05, 0.1) is 6.07 Å². The molecule has 0 spiro atoms. The monoisotopic (exact) mass is 277 g/mol. The molecule has 0 saturated carbocycles. The Bertz CT molecular complexity index is 729. The number of aliphatic hydroxyl groups is 1. The fraction of sp³-hybridized carbons (Fsp3) is 0.316. The van der Waals surface area contributed by atoms with E-state index < -0.39 is 11.5 Å². The average molecular weight is 277 g/mol. The van der Waals surface area contributed by atoms with Gasteiger partial charge in [-0.15, -0.1) is 0 Å². The van der Waals surface area contributed by atoms with Crippen molar-refractivity contribution in [1.82, 2.24) is 0 Å². The quantitative estimate of drug-likeness (QED) is 0.908. The van der Waals surface area contributed by atoms with Crippen LogP contribution in [0.15, 0.2) is 42.5 Å². The molecule has 0 bridgehead atoms. The van der Waals surface area contributed by atoms with Crippen molar-refractivity contribution in [3.05, 3.63) is 70.3 Å². The zero-order valence-corrected chi connectivity index (χ0v) is 12.4. The fourth-order valence-electron chi connectivity index (χ4n) is 3.32. The second-order valence-corrected chi connectivity index (χ2v) is 5.99. The summed E-state index contributed by atoms with van der Waals surface area (Å²) in [4.78, 5) is 0. The smallest absolute Gasteiger partial charge is 0.113 e. The average Bonchev–Trinajstić information content (AvgIpc) is 2.89. The molecular formula is C19H19NO. The maximum Gasteiger partial charge on any atom is 0.113 e. The number of hydrogen-bond acceptors (Lipinski definition) is 2. The number of nitriles is 1. The molecule has 0 aromatic heterocycles. The maximum absolute atomic E-state index is 10.9. The lowest BCUT2D eigenvalue weighted by Crippen LogP contribution is -2.29. The Morgan fingerprint density at radius 2 is 1.90 bits per heavy atom. The third kappa shape index (κ3) is 2.05. The molecule has 1 N–H and O–H groups in total. The fourth-order valence-corrected chi connectivity index (χ4v) is 3.32. The van der Waals surface area contributed by atoms with E-state index in [1.165, 1.54) is 11.1 Å². The molecule has 106 valence electrons. The standard InChI is InChI=1S/C19H19NO/c1-13-7-8-16(11-14(13)2)18(21)19(12-20)10-9-15-5-3-4-6-17(15)19/h3-8,11,18,21H,9-10H2,1-2H3. The molecule has 0 radical (unpaired) electrons. The minimum absolute atomic E-state index is 0.678. The molecule has 2 aromatic rings. The van der Waals surface area contributed by atoms with Gasteiger partial charge in [0.2, 0.25) is 0 Å². The van der Waals surface area contributed by atoms with Crippen molar-refractivity contribution in [1.29, 1.82) is 5.26 Å². The molecule has 1 aliphatic carbocycles. The summed E-state index contributed by atoms with van der Waals surface area (Å²) >= 11 is 0. The molecule has 2 aromatic carbocycles. The second-order valence-electron chi connectivity index (χ2n) is 5.99. The molecule has 0 amide bonds. The van der Waals surface area contributed by atoms with Crippen molar-refractivity contribution < 1.29 is 5.11 Å². The molecule has 0 fully saturated rings. The summed E-state index contributed by atoms with van der Waals surface area (Å²) in [6, 6.07) is 16.3. The number of aliphatic hydroxyl groups excluding tert-OH is 1. The molecule has 0 aliphatic heterocycles. The number of fused-ring (bicyclic) bond motifs is 1. The van der Waals surface area contributed by atoms with Gasteiger partial charge in [0.1, 0.15) is 11.5 Å². The van der Waals surface area contributed by atoms with Gasteiger partial charge in [0.15, 0.2) is 0 Å². The molecule has 2 atom stereocenters. The Balaban J connectivity index is 2.09. The number of aryl methyl sites for hydroxylation is 3. The first-order valence-electron chi connectivity index (χ1n) is 7.33. The Hall–Kier alpha value is -2.11. The van der Waals surface area contributed by atoms with Crippen molar-refractivity contribution in [3.8, 4) is 6.07 Å². The summed E-state index contributed by atoms with van der Waals surface area (Å²) in [6.45, 7) is 4.09. The first kappa shape index (κ1) is 13.9. The van der Waals surface area contributed by atoms with Gasteiger partial charge in [-0.1, -0.05) is 42.5 Å². The van der Waals surface area contributed by atoms with Crippen LogP contribution in [0.1, 0.15) is 40.3 Å². The van der Waals surface area contributed by atoms with Crippen LogP contribution in [0, 0.1) is 25.2 Å². The lowest BCUT2D eigenvalue weighted by Gasteiger charge is -2.29. The van der Waals surface area contributed by atoms with Crippen molar-refractivity contribution in [2.45, 2.75) is 38.2 Å². The largest absolute Gasteiger partial charge is 0.386 e. The molecular weight excluding hydrogens is 258 g/mol. The van der Waals surface area contributed by atoms with Crippen molar-refractivity contribution in [2.24, 2.45) is 0 Å². The lowest BCUT2D eigenvalue weighted by atomic mass is 9.75. The van der Waals surface area contributed by atoms with Crippen LogP contribution in [-0.4, -0.2) is 5.11 Å². The van der Waals surface area contributed by atoms with Crippen molar-refractivity contribution >= 4 is 0 Å². The van der Waals surface area contributed by atoms with Crippen LogP contribution in [-0.2, 0) is 11.8 Å². The zero-order valence-electron chi connectivity index (χ0n) is 12.4. The van der Waals surface area contributed by atoms with Gasteiger partial charge in [-0.25, -0.2) is 0 Å². The molecule has 0 heterocycles. The minimum Gasteiger partial charge on any atom is -0.386 e.